The summed E-state index contributed by atoms with van der Waals surface area (Å²) in [5.41, 5.74) is 1.80. The highest BCUT2D eigenvalue weighted by Crippen LogP contribution is 2.07. The molecule has 1 aromatic carbocycles. The third-order valence-electron chi connectivity index (χ3n) is 2.42. The molecule has 0 aliphatic carbocycles. The predicted octanol–water partition coefficient (Wildman–Crippen LogP) is 1.78. The molecule has 106 valence electrons. The van der Waals surface area contributed by atoms with Gasteiger partial charge in [-0.15, -0.1) is 0 Å². The highest BCUT2D eigenvalue weighted by molar-refractivity contribution is 7.85. The van der Waals surface area contributed by atoms with Crippen LogP contribution in [0.3, 0.4) is 0 Å². The topological polar surface area (TPSA) is 95.5 Å². The molecule has 0 fully saturated rings. The van der Waals surface area contributed by atoms with E-state index in [-0.39, 0.29) is 11.8 Å². The molecule has 19 heavy (non-hydrogen) atoms. The van der Waals surface area contributed by atoms with Crippen molar-refractivity contribution >= 4 is 21.8 Å². The van der Waals surface area contributed by atoms with Crippen molar-refractivity contribution in [2.45, 2.75) is 19.8 Å². The first-order valence-electron chi connectivity index (χ1n) is 5.93. The van der Waals surface area contributed by atoms with Crippen molar-refractivity contribution < 1.29 is 17.8 Å². The molecule has 0 saturated carbocycles. The van der Waals surface area contributed by atoms with Gasteiger partial charge in [-0.3, -0.25) is 4.55 Å². The first-order valence-corrected chi connectivity index (χ1v) is 7.54. The number of aryl methyl sites for hydroxylation is 1. The minimum Gasteiger partial charge on any atom is -0.338 e. The molecule has 0 aliphatic heterocycles. The molecule has 0 radical (unpaired) electrons. The molecular formula is C12H18N2O4S. The summed E-state index contributed by atoms with van der Waals surface area (Å²) in [6.45, 7) is 2.31. The van der Waals surface area contributed by atoms with Crippen LogP contribution in [-0.2, 0) is 10.1 Å². The molecule has 1 rings (SSSR count). The van der Waals surface area contributed by atoms with Gasteiger partial charge in [0, 0.05) is 12.2 Å². The summed E-state index contributed by atoms with van der Waals surface area (Å²) in [6, 6.07) is 7.04. The number of anilines is 1. The lowest BCUT2D eigenvalue weighted by molar-refractivity contribution is 0.252. The normalized spacial score (nSPS) is 11.1. The molecule has 3 N–H and O–H groups in total. The zero-order chi connectivity index (χ0) is 14.3. The number of hydrogen-bond acceptors (Lipinski definition) is 3. The maximum Gasteiger partial charge on any atom is 0.319 e. The lowest BCUT2D eigenvalue weighted by atomic mass is 10.2. The van der Waals surface area contributed by atoms with Crippen LogP contribution in [0.1, 0.15) is 18.4 Å². The Hall–Kier alpha value is -1.60. The summed E-state index contributed by atoms with van der Waals surface area (Å²) >= 11 is 0. The van der Waals surface area contributed by atoms with Crippen molar-refractivity contribution in [1.29, 1.82) is 0 Å². The van der Waals surface area contributed by atoms with E-state index in [2.05, 4.69) is 10.6 Å². The van der Waals surface area contributed by atoms with Crippen LogP contribution in [0.4, 0.5) is 10.5 Å². The van der Waals surface area contributed by atoms with Crippen molar-refractivity contribution in [2.75, 3.05) is 17.6 Å². The largest absolute Gasteiger partial charge is 0.338 e. The Morgan fingerprint density at radius 2 is 1.84 bits per heavy atom. The van der Waals surface area contributed by atoms with Gasteiger partial charge in [0.1, 0.15) is 0 Å². The van der Waals surface area contributed by atoms with E-state index in [1.807, 2.05) is 19.1 Å². The van der Waals surface area contributed by atoms with E-state index >= 15 is 0 Å². The second-order valence-corrected chi connectivity index (χ2v) is 5.81. The fraction of sp³-hybridized carbons (Fsp3) is 0.417. The van der Waals surface area contributed by atoms with Crippen LogP contribution in [0, 0.1) is 6.92 Å². The highest BCUT2D eigenvalue weighted by Gasteiger charge is 2.04. The molecule has 0 unspecified atom stereocenters. The molecule has 6 nitrogen and oxygen atoms in total. The van der Waals surface area contributed by atoms with Crippen LogP contribution < -0.4 is 10.6 Å². The third kappa shape index (κ3) is 7.43. The molecule has 7 heteroatoms. The number of benzene rings is 1. The van der Waals surface area contributed by atoms with Gasteiger partial charge >= 0.3 is 6.03 Å². The number of amides is 2. The number of urea groups is 1. The van der Waals surface area contributed by atoms with Gasteiger partial charge in [-0.1, -0.05) is 17.7 Å². The van der Waals surface area contributed by atoms with Gasteiger partial charge in [-0.2, -0.15) is 8.42 Å². The Labute approximate surface area is 113 Å². The van der Waals surface area contributed by atoms with Crippen LogP contribution in [0.2, 0.25) is 0 Å². The molecule has 0 atom stereocenters. The zero-order valence-corrected chi connectivity index (χ0v) is 11.5. The fourth-order valence-corrected chi connectivity index (χ4v) is 1.99. The van der Waals surface area contributed by atoms with Crippen LogP contribution in [0.5, 0.6) is 0 Å². The zero-order valence-electron chi connectivity index (χ0n) is 10.7. The van der Waals surface area contributed by atoms with Crippen LogP contribution in [0.25, 0.3) is 0 Å². The van der Waals surface area contributed by atoms with Crippen molar-refractivity contribution in [3.05, 3.63) is 29.8 Å². The number of nitrogens with one attached hydrogen (secondary N) is 2. The minimum atomic E-state index is -3.91. The quantitative estimate of drug-likeness (QED) is 0.548. The van der Waals surface area contributed by atoms with Crippen molar-refractivity contribution in [1.82, 2.24) is 5.32 Å². The van der Waals surface area contributed by atoms with Gasteiger partial charge in [0.2, 0.25) is 0 Å². The highest BCUT2D eigenvalue weighted by atomic mass is 32.2. The Balaban J connectivity index is 2.20. The summed E-state index contributed by atoms with van der Waals surface area (Å²) in [5, 5.41) is 5.26. The molecule has 0 saturated heterocycles. The molecule has 1 aromatic rings. The van der Waals surface area contributed by atoms with Gasteiger partial charge in [-0.25, -0.2) is 4.79 Å². The van der Waals surface area contributed by atoms with Gasteiger partial charge in [0.05, 0.1) is 5.75 Å². The summed E-state index contributed by atoms with van der Waals surface area (Å²) in [6.07, 6.45) is 0.796. The fourth-order valence-electron chi connectivity index (χ4n) is 1.42. The smallest absolute Gasteiger partial charge is 0.319 e. The Kier molecular flexibility index (Phi) is 5.78. The van der Waals surface area contributed by atoms with E-state index in [0.29, 0.717) is 25.1 Å². The maximum absolute atomic E-state index is 11.5. The van der Waals surface area contributed by atoms with E-state index in [1.54, 1.807) is 12.1 Å². The average molecular weight is 286 g/mol. The number of carbonyl (C=O) groups excluding carboxylic acids is 1. The standard InChI is InChI=1S/C12H18N2O4S/c1-10-4-6-11(7-5-10)14-12(15)13-8-2-3-9-19(16,17)18/h4-7H,2-3,8-9H2,1H3,(H2,13,14,15)(H,16,17,18). The van der Waals surface area contributed by atoms with E-state index in [4.69, 9.17) is 4.55 Å². The molecule has 0 aliphatic rings. The molecular weight excluding hydrogens is 268 g/mol. The Bertz CT molecular complexity index is 511. The van der Waals surface area contributed by atoms with E-state index in [1.165, 1.54) is 0 Å². The molecule has 0 heterocycles. The Morgan fingerprint density at radius 1 is 1.21 bits per heavy atom. The number of rotatable bonds is 6. The summed E-state index contributed by atoms with van der Waals surface area (Å²) < 4.78 is 29.4. The monoisotopic (exact) mass is 286 g/mol. The van der Waals surface area contributed by atoms with Crippen molar-refractivity contribution in [2.24, 2.45) is 0 Å². The number of carbonyl (C=O) groups is 1. The SMILES string of the molecule is Cc1ccc(NC(=O)NCCCCS(=O)(=O)O)cc1. The second kappa shape index (κ2) is 7.10. The maximum atomic E-state index is 11.5. The summed E-state index contributed by atoms with van der Waals surface area (Å²) in [7, 11) is -3.91. The van der Waals surface area contributed by atoms with Crippen LogP contribution >= 0.6 is 0 Å². The van der Waals surface area contributed by atoms with Gasteiger partial charge < -0.3 is 10.6 Å². The second-order valence-electron chi connectivity index (χ2n) is 4.24. The molecule has 2 amide bonds. The predicted molar refractivity (Wildman–Crippen MR) is 73.9 cm³/mol. The lowest BCUT2D eigenvalue weighted by Crippen LogP contribution is -2.29. The van der Waals surface area contributed by atoms with Gasteiger partial charge in [0.25, 0.3) is 10.1 Å². The van der Waals surface area contributed by atoms with Gasteiger partial charge in [0.15, 0.2) is 0 Å². The first-order chi connectivity index (χ1) is 8.87. The van der Waals surface area contributed by atoms with Crippen molar-refractivity contribution in [3.8, 4) is 0 Å². The van der Waals surface area contributed by atoms with Gasteiger partial charge in [-0.05, 0) is 31.9 Å². The van der Waals surface area contributed by atoms with E-state index in [0.717, 1.165) is 5.56 Å². The minimum absolute atomic E-state index is 0.283. The first kappa shape index (κ1) is 15.5. The summed E-state index contributed by atoms with van der Waals surface area (Å²) in [4.78, 5) is 11.5. The average Bonchev–Trinajstić information content (AvgIpc) is 2.30. The van der Waals surface area contributed by atoms with Crippen molar-refractivity contribution in [3.63, 3.8) is 0 Å². The van der Waals surface area contributed by atoms with E-state index in [9.17, 15) is 13.2 Å². The Morgan fingerprint density at radius 3 is 2.42 bits per heavy atom. The van der Waals surface area contributed by atoms with Crippen LogP contribution in [-0.4, -0.2) is 31.3 Å². The number of unbranched alkanes of at least 4 members (excludes halogenated alkanes) is 1. The molecule has 0 bridgehead atoms. The molecule has 0 spiro atoms. The lowest BCUT2D eigenvalue weighted by Gasteiger charge is -2.07. The molecule has 0 aromatic heterocycles. The van der Waals surface area contributed by atoms with E-state index < -0.39 is 10.1 Å². The summed E-state index contributed by atoms with van der Waals surface area (Å²) in [5.74, 6) is -0.283. The van der Waals surface area contributed by atoms with Crippen LogP contribution in [0.15, 0.2) is 24.3 Å². The number of hydrogen-bond donors (Lipinski definition) is 3. The third-order valence-corrected chi connectivity index (χ3v) is 3.23.